The van der Waals surface area contributed by atoms with E-state index in [2.05, 4.69) is 10.1 Å². The normalized spacial score (nSPS) is 15.2. The first-order valence-corrected chi connectivity index (χ1v) is 14.3. The average Bonchev–Trinajstić information content (AvgIpc) is 3.28. The number of carbonyl (C=O) groups is 3. The second-order valence-electron chi connectivity index (χ2n) is 11.1. The number of fused-ring (bicyclic) bond motifs is 1. The molecule has 0 radical (unpaired) electrons. The van der Waals surface area contributed by atoms with Crippen LogP contribution in [0.4, 0.5) is 39.5 Å². The lowest BCUT2D eigenvalue weighted by Gasteiger charge is -2.38. The van der Waals surface area contributed by atoms with Gasteiger partial charge < -0.3 is 10.1 Å². The SMILES string of the molecule is O=C(CC(N1C(=O)c2ccccc2C1=O)C(F)(F)F)NC(Cc1ccccc1)(c1ccc(F)cc1)c1cc(F)cc(OC(F)(F)C(F)F)c1. The number of rotatable bonds is 11. The van der Waals surface area contributed by atoms with Gasteiger partial charge in [-0.1, -0.05) is 54.6 Å². The number of nitrogens with one attached hydrogen (secondary N) is 1. The van der Waals surface area contributed by atoms with E-state index >= 15 is 4.39 Å². The van der Waals surface area contributed by atoms with Gasteiger partial charge in [-0.3, -0.25) is 19.3 Å². The van der Waals surface area contributed by atoms with Crippen molar-refractivity contribution >= 4 is 17.7 Å². The third-order valence-electron chi connectivity index (χ3n) is 7.77. The number of nitrogens with zero attached hydrogens (tertiary/aromatic N) is 1. The van der Waals surface area contributed by atoms with Crippen LogP contribution < -0.4 is 10.1 Å². The molecule has 2 unspecified atom stereocenters. The molecule has 5 rings (SSSR count). The Morgan fingerprint density at radius 3 is 1.86 bits per heavy atom. The lowest BCUT2D eigenvalue weighted by Crippen LogP contribution is -2.54. The van der Waals surface area contributed by atoms with E-state index in [1.807, 2.05) is 0 Å². The molecule has 4 aromatic carbocycles. The van der Waals surface area contributed by atoms with Gasteiger partial charge in [0.25, 0.3) is 11.8 Å². The summed E-state index contributed by atoms with van der Waals surface area (Å²) in [7, 11) is 0. The summed E-state index contributed by atoms with van der Waals surface area (Å²) in [6.45, 7) is 0. The van der Waals surface area contributed by atoms with Gasteiger partial charge in [0.15, 0.2) is 0 Å². The fourth-order valence-electron chi connectivity index (χ4n) is 5.57. The number of imide groups is 1. The Hall–Kier alpha value is -5.34. The molecular weight excluding hydrogens is 671 g/mol. The predicted octanol–water partition coefficient (Wildman–Crippen LogP) is 7.42. The Morgan fingerprint density at radius 1 is 0.735 bits per heavy atom. The second kappa shape index (κ2) is 13.3. The van der Waals surface area contributed by atoms with Crippen molar-refractivity contribution in [2.45, 2.75) is 43.1 Å². The Labute approximate surface area is 272 Å². The quantitative estimate of drug-likeness (QED) is 0.131. The van der Waals surface area contributed by atoms with Crippen LogP contribution in [0.15, 0.2) is 97.1 Å². The number of amides is 3. The van der Waals surface area contributed by atoms with E-state index in [9.17, 15) is 49.5 Å². The maximum Gasteiger partial charge on any atom is 0.461 e. The minimum Gasteiger partial charge on any atom is -0.428 e. The number of alkyl halides is 7. The molecule has 0 saturated heterocycles. The van der Waals surface area contributed by atoms with Crippen LogP contribution >= 0.6 is 0 Å². The van der Waals surface area contributed by atoms with Crippen LogP contribution in [-0.4, -0.2) is 47.4 Å². The number of halogens is 9. The van der Waals surface area contributed by atoms with Gasteiger partial charge in [-0.05, 0) is 53.1 Å². The molecule has 0 aliphatic carbocycles. The van der Waals surface area contributed by atoms with Gasteiger partial charge in [0.1, 0.15) is 23.4 Å². The summed E-state index contributed by atoms with van der Waals surface area (Å²) >= 11 is 0. The van der Waals surface area contributed by atoms with E-state index in [1.54, 1.807) is 6.07 Å². The van der Waals surface area contributed by atoms with Crippen molar-refractivity contribution in [3.8, 4) is 5.75 Å². The first-order valence-electron chi connectivity index (χ1n) is 14.3. The highest BCUT2D eigenvalue weighted by Gasteiger charge is 2.53. The zero-order valence-electron chi connectivity index (χ0n) is 24.8. The topological polar surface area (TPSA) is 75.7 Å². The Kier molecular flexibility index (Phi) is 9.48. The van der Waals surface area contributed by atoms with E-state index in [0.717, 1.165) is 36.4 Å². The predicted molar refractivity (Wildman–Crippen MR) is 155 cm³/mol. The van der Waals surface area contributed by atoms with Gasteiger partial charge in [0.2, 0.25) is 5.91 Å². The molecule has 256 valence electrons. The maximum atomic E-state index is 15.1. The molecule has 49 heavy (non-hydrogen) atoms. The molecule has 6 nitrogen and oxygen atoms in total. The highest BCUT2D eigenvalue weighted by atomic mass is 19.4. The molecule has 0 aromatic heterocycles. The van der Waals surface area contributed by atoms with E-state index < -0.39 is 83.8 Å². The maximum absolute atomic E-state index is 15.1. The molecule has 4 aromatic rings. The van der Waals surface area contributed by atoms with Crippen molar-refractivity contribution in [1.29, 1.82) is 0 Å². The van der Waals surface area contributed by atoms with Crippen LogP contribution in [-0.2, 0) is 16.8 Å². The molecule has 2 atom stereocenters. The Morgan fingerprint density at radius 2 is 1.31 bits per heavy atom. The summed E-state index contributed by atoms with van der Waals surface area (Å²) in [6.07, 6.45) is -16.8. The van der Waals surface area contributed by atoms with Crippen LogP contribution in [0, 0.1) is 11.6 Å². The lowest BCUT2D eigenvalue weighted by atomic mass is 9.77. The monoisotopic (exact) mass is 694 g/mol. The largest absolute Gasteiger partial charge is 0.461 e. The van der Waals surface area contributed by atoms with E-state index in [-0.39, 0.29) is 21.6 Å². The van der Waals surface area contributed by atoms with E-state index in [4.69, 9.17) is 0 Å². The van der Waals surface area contributed by atoms with Crippen molar-refractivity contribution in [2.75, 3.05) is 0 Å². The van der Waals surface area contributed by atoms with Gasteiger partial charge >= 0.3 is 18.7 Å². The summed E-state index contributed by atoms with van der Waals surface area (Å²) in [5.41, 5.74) is -3.10. The Balaban J connectivity index is 1.64. The zero-order valence-corrected chi connectivity index (χ0v) is 24.8. The van der Waals surface area contributed by atoms with Gasteiger partial charge in [0.05, 0.1) is 23.1 Å². The zero-order chi connectivity index (χ0) is 35.7. The van der Waals surface area contributed by atoms with E-state index in [1.165, 1.54) is 36.4 Å². The molecule has 15 heteroatoms. The van der Waals surface area contributed by atoms with E-state index in [0.29, 0.717) is 23.8 Å². The van der Waals surface area contributed by atoms with Crippen LogP contribution in [0.25, 0.3) is 0 Å². The third kappa shape index (κ3) is 7.25. The third-order valence-corrected chi connectivity index (χ3v) is 7.77. The molecule has 1 heterocycles. The molecule has 0 spiro atoms. The summed E-state index contributed by atoms with van der Waals surface area (Å²) in [5, 5.41) is 2.38. The highest BCUT2D eigenvalue weighted by Crippen LogP contribution is 2.39. The van der Waals surface area contributed by atoms with Gasteiger partial charge in [0, 0.05) is 12.5 Å². The fraction of sp³-hybridized carbons (Fsp3) is 0.206. The van der Waals surface area contributed by atoms with Gasteiger partial charge in [-0.25, -0.2) is 8.78 Å². The molecule has 0 fully saturated rings. The smallest absolute Gasteiger partial charge is 0.428 e. The average molecular weight is 695 g/mol. The highest BCUT2D eigenvalue weighted by molar-refractivity contribution is 6.21. The molecule has 0 bridgehead atoms. The van der Waals surface area contributed by atoms with Crippen molar-refractivity contribution in [2.24, 2.45) is 0 Å². The molecule has 1 aliphatic rings. The Bertz CT molecular complexity index is 1830. The number of hydrogen-bond acceptors (Lipinski definition) is 4. The van der Waals surface area contributed by atoms with Crippen LogP contribution in [0.3, 0.4) is 0 Å². The summed E-state index contributed by atoms with van der Waals surface area (Å²) in [6, 6.07) is 15.3. The van der Waals surface area contributed by atoms with Crippen molar-refractivity contribution in [3.05, 3.63) is 137 Å². The fourth-order valence-corrected chi connectivity index (χ4v) is 5.57. The summed E-state index contributed by atoms with van der Waals surface area (Å²) in [4.78, 5) is 39.6. The lowest BCUT2D eigenvalue weighted by molar-refractivity contribution is -0.253. The number of ether oxygens (including phenoxy) is 1. The number of hydrogen-bond donors (Lipinski definition) is 1. The van der Waals surface area contributed by atoms with Gasteiger partial charge in [-0.2, -0.15) is 30.7 Å². The van der Waals surface area contributed by atoms with Crippen molar-refractivity contribution in [1.82, 2.24) is 10.2 Å². The minimum absolute atomic E-state index is 0.0957. The minimum atomic E-state index is -5.34. The van der Waals surface area contributed by atoms with Gasteiger partial charge in [-0.15, -0.1) is 0 Å². The summed E-state index contributed by atoms with van der Waals surface area (Å²) < 4.78 is 131. The number of benzene rings is 4. The molecule has 1 aliphatic heterocycles. The number of carbonyl (C=O) groups excluding carboxylic acids is 3. The standard InChI is InChI=1S/C34H23F9N2O4/c35-22-12-10-20(11-13-22)32(18-19-6-2-1-3-7-19,21-14-23(36)16-24(15-21)49-34(42,43)31(37)38)44-28(46)17-27(33(39,40)41)45-29(47)25-8-4-5-9-26(25)30(45)48/h1-16,27,31H,17-18H2,(H,44,46). The van der Waals surface area contributed by atoms with Crippen molar-refractivity contribution in [3.63, 3.8) is 0 Å². The summed E-state index contributed by atoms with van der Waals surface area (Å²) in [5.74, 6) is -7.35. The molecule has 0 saturated carbocycles. The molecule has 1 N–H and O–H groups in total. The van der Waals surface area contributed by atoms with Crippen LogP contribution in [0.5, 0.6) is 5.75 Å². The second-order valence-corrected chi connectivity index (χ2v) is 11.1. The van der Waals surface area contributed by atoms with Crippen molar-refractivity contribution < 1.29 is 58.6 Å². The first-order chi connectivity index (χ1) is 23.0. The first kappa shape index (κ1) is 35.0. The molecule has 3 amide bonds. The van der Waals surface area contributed by atoms with Crippen LogP contribution in [0.1, 0.15) is 43.8 Å². The van der Waals surface area contributed by atoms with Crippen LogP contribution in [0.2, 0.25) is 0 Å². The molecular formula is C34H23F9N2O4.